The molecule has 2 aromatic rings. The maximum absolute atomic E-state index is 11.4. The molecule has 1 aliphatic rings. The first-order valence-electron chi connectivity index (χ1n) is 8.50. The van der Waals surface area contributed by atoms with Crippen LogP contribution in [-0.2, 0) is 17.7 Å². The molecule has 5 nitrogen and oxygen atoms in total. The van der Waals surface area contributed by atoms with E-state index in [-0.39, 0.29) is 5.56 Å². The topological polar surface area (TPSA) is 58.2 Å². The van der Waals surface area contributed by atoms with Gasteiger partial charge in [-0.1, -0.05) is 18.2 Å². The van der Waals surface area contributed by atoms with Gasteiger partial charge in [-0.15, -0.1) is 0 Å². The highest BCUT2D eigenvalue weighted by molar-refractivity contribution is 5.33. The number of hydrogen-bond acceptors (Lipinski definition) is 4. The fraction of sp³-hybridized carbons (Fsp3) is 0.474. The highest BCUT2D eigenvalue weighted by Crippen LogP contribution is 2.19. The summed E-state index contributed by atoms with van der Waals surface area (Å²) in [5.74, 6) is 0.353. The second-order valence-corrected chi connectivity index (χ2v) is 6.65. The Kier molecular flexibility index (Phi) is 5.43. The Balaban J connectivity index is 1.69. The van der Waals surface area contributed by atoms with E-state index in [0.29, 0.717) is 5.92 Å². The van der Waals surface area contributed by atoms with Gasteiger partial charge in [0.25, 0.3) is 5.56 Å². The van der Waals surface area contributed by atoms with Gasteiger partial charge < -0.3 is 9.72 Å². The molecule has 0 bridgehead atoms. The van der Waals surface area contributed by atoms with Gasteiger partial charge in [-0.25, -0.2) is 4.98 Å². The van der Waals surface area contributed by atoms with E-state index in [1.165, 1.54) is 23.0 Å². The molecule has 1 N–H and O–H groups in total. The van der Waals surface area contributed by atoms with E-state index in [2.05, 4.69) is 46.9 Å². The van der Waals surface area contributed by atoms with Crippen molar-refractivity contribution in [1.82, 2.24) is 14.9 Å². The SMILES string of the molecule is Cc1cccc(C)c1CN1CCOC[C@H](Cc2cc(=O)[nH]cn2)C1. The molecular formula is C19H25N3O2. The van der Waals surface area contributed by atoms with Crippen LogP contribution >= 0.6 is 0 Å². The minimum absolute atomic E-state index is 0.0954. The van der Waals surface area contributed by atoms with Gasteiger partial charge in [-0.2, -0.15) is 0 Å². The fourth-order valence-corrected chi connectivity index (χ4v) is 3.36. The van der Waals surface area contributed by atoms with Crippen LogP contribution in [0.25, 0.3) is 0 Å². The quantitative estimate of drug-likeness (QED) is 0.934. The van der Waals surface area contributed by atoms with Gasteiger partial charge in [0.2, 0.25) is 0 Å². The minimum atomic E-state index is -0.0954. The lowest BCUT2D eigenvalue weighted by Gasteiger charge is -2.25. The molecule has 128 valence electrons. The normalized spacial score (nSPS) is 19.2. The summed E-state index contributed by atoms with van der Waals surface area (Å²) in [5.41, 5.74) is 4.83. The summed E-state index contributed by atoms with van der Waals surface area (Å²) in [6.45, 7) is 8.67. The number of H-pyrrole nitrogens is 1. The third kappa shape index (κ3) is 4.30. The van der Waals surface area contributed by atoms with Gasteiger partial charge in [0.15, 0.2) is 0 Å². The Labute approximate surface area is 142 Å². The molecule has 1 aromatic heterocycles. The fourth-order valence-electron chi connectivity index (χ4n) is 3.36. The number of hydrogen-bond donors (Lipinski definition) is 1. The number of nitrogens with zero attached hydrogens (tertiary/aromatic N) is 2. The van der Waals surface area contributed by atoms with Gasteiger partial charge in [0.1, 0.15) is 0 Å². The number of aromatic amines is 1. The summed E-state index contributed by atoms with van der Waals surface area (Å²) in [7, 11) is 0. The van der Waals surface area contributed by atoms with E-state index in [9.17, 15) is 4.79 Å². The van der Waals surface area contributed by atoms with Gasteiger partial charge in [-0.3, -0.25) is 9.69 Å². The summed E-state index contributed by atoms with van der Waals surface area (Å²) in [5, 5.41) is 0. The molecule has 24 heavy (non-hydrogen) atoms. The summed E-state index contributed by atoms with van der Waals surface area (Å²) in [6.07, 6.45) is 2.25. The van der Waals surface area contributed by atoms with Crippen molar-refractivity contribution in [3.05, 3.63) is 63.3 Å². The van der Waals surface area contributed by atoms with Crippen LogP contribution in [0.2, 0.25) is 0 Å². The highest BCUT2D eigenvalue weighted by Gasteiger charge is 2.20. The van der Waals surface area contributed by atoms with Crippen LogP contribution in [0.4, 0.5) is 0 Å². The monoisotopic (exact) mass is 327 g/mol. The van der Waals surface area contributed by atoms with Gasteiger partial charge in [0, 0.05) is 37.3 Å². The molecule has 0 amide bonds. The van der Waals surface area contributed by atoms with Crippen molar-refractivity contribution in [3.63, 3.8) is 0 Å². The molecule has 0 spiro atoms. The van der Waals surface area contributed by atoms with Crippen molar-refractivity contribution in [1.29, 1.82) is 0 Å². The minimum Gasteiger partial charge on any atom is -0.380 e. The Bertz CT molecular complexity index is 721. The van der Waals surface area contributed by atoms with Crippen molar-refractivity contribution >= 4 is 0 Å². The molecule has 1 fully saturated rings. The van der Waals surface area contributed by atoms with Crippen LogP contribution in [0.5, 0.6) is 0 Å². The van der Waals surface area contributed by atoms with E-state index in [4.69, 9.17) is 4.74 Å². The Hall–Kier alpha value is -1.98. The van der Waals surface area contributed by atoms with Crippen LogP contribution in [0.3, 0.4) is 0 Å². The first-order chi connectivity index (χ1) is 11.6. The standard InChI is InChI=1S/C19H25N3O2/c1-14-4-3-5-15(2)18(14)11-22-6-7-24-12-16(10-22)8-17-9-19(23)21-13-20-17/h3-5,9,13,16H,6-8,10-12H2,1-2H3,(H,20,21,23)/t16-/m1/s1. The summed E-state index contributed by atoms with van der Waals surface area (Å²) >= 11 is 0. The van der Waals surface area contributed by atoms with Crippen molar-refractivity contribution in [2.75, 3.05) is 26.3 Å². The number of benzene rings is 1. The van der Waals surface area contributed by atoms with Crippen molar-refractivity contribution in [3.8, 4) is 0 Å². The molecule has 2 heterocycles. The highest BCUT2D eigenvalue weighted by atomic mass is 16.5. The summed E-state index contributed by atoms with van der Waals surface area (Å²) in [6, 6.07) is 8.05. The lowest BCUT2D eigenvalue weighted by molar-refractivity contribution is 0.121. The number of aryl methyl sites for hydroxylation is 2. The second-order valence-electron chi connectivity index (χ2n) is 6.65. The second kappa shape index (κ2) is 7.73. The van der Waals surface area contributed by atoms with Crippen molar-refractivity contribution in [2.45, 2.75) is 26.8 Å². The Morgan fingerprint density at radius 1 is 1.33 bits per heavy atom. The van der Waals surface area contributed by atoms with Gasteiger partial charge in [0.05, 0.1) is 19.5 Å². The molecule has 3 rings (SSSR count). The summed E-state index contributed by atoms with van der Waals surface area (Å²) < 4.78 is 5.78. The maximum atomic E-state index is 11.4. The molecule has 1 atom stereocenters. The first-order valence-corrected chi connectivity index (χ1v) is 8.50. The Morgan fingerprint density at radius 2 is 2.12 bits per heavy atom. The average molecular weight is 327 g/mol. The largest absolute Gasteiger partial charge is 0.380 e. The molecule has 1 aliphatic heterocycles. The van der Waals surface area contributed by atoms with Crippen LogP contribution in [-0.4, -0.2) is 41.2 Å². The molecule has 1 aromatic carbocycles. The van der Waals surface area contributed by atoms with Crippen LogP contribution in [0.1, 0.15) is 22.4 Å². The molecule has 5 heteroatoms. The maximum Gasteiger partial charge on any atom is 0.250 e. The van der Waals surface area contributed by atoms with E-state index >= 15 is 0 Å². The molecule has 0 radical (unpaired) electrons. The van der Waals surface area contributed by atoms with Crippen LogP contribution in [0.15, 0.2) is 35.4 Å². The zero-order chi connectivity index (χ0) is 16.9. The van der Waals surface area contributed by atoms with Gasteiger partial charge in [-0.05, 0) is 37.0 Å². The van der Waals surface area contributed by atoms with Gasteiger partial charge >= 0.3 is 0 Å². The third-order valence-electron chi connectivity index (χ3n) is 4.68. The van der Waals surface area contributed by atoms with Crippen LogP contribution < -0.4 is 5.56 Å². The number of aromatic nitrogens is 2. The van der Waals surface area contributed by atoms with Crippen molar-refractivity contribution < 1.29 is 4.74 Å². The van der Waals surface area contributed by atoms with E-state index in [0.717, 1.165) is 45.0 Å². The Morgan fingerprint density at radius 3 is 2.88 bits per heavy atom. The third-order valence-corrected chi connectivity index (χ3v) is 4.68. The van der Waals surface area contributed by atoms with E-state index in [1.54, 1.807) is 6.07 Å². The predicted octanol–water partition coefficient (Wildman–Crippen LogP) is 2.08. The average Bonchev–Trinajstić information content (AvgIpc) is 2.76. The predicted molar refractivity (Wildman–Crippen MR) is 94.1 cm³/mol. The molecule has 0 unspecified atom stereocenters. The number of nitrogens with one attached hydrogen (secondary N) is 1. The number of rotatable bonds is 4. The first kappa shape index (κ1) is 16.9. The number of ether oxygens (including phenoxy) is 1. The lowest BCUT2D eigenvalue weighted by Crippen LogP contribution is -2.31. The molecule has 0 aliphatic carbocycles. The molecule has 0 saturated carbocycles. The van der Waals surface area contributed by atoms with Crippen LogP contribution in [0, 0.1) is 19.8 Å². The molecule has 1 saturated heterocycles. The van der Waals surface area contributed by atoms with Crippen molar-refractivity contribution in [2.24, 2.45) is 5.92 Å². The molecular weight excluding hydrogens is 302 g/mol. The van der Waals surface area contributed by atoms with E-state index in [1.807, 2.05) is 0 Å². The zero-order valence-electron chi connectivity index (χ0n) is 14.4. The van der Waals surface area contributed by atoms with E-state index < -0.39 is 0 Å². The zero-order valence-corrected chi connectivity index (χ0v) is 14.4. The summed E-state index contributed by atoms with van der Waals surface area (Å²) in [4.78, 5) is 20.7. The lowest BCUT2D eigenvalue weighted by atomic mass is 10.0. The smallest absolute Gasteiger partial charge is 0.250 e.